The predicted octanol–water partition coefficient (Wildman–Crippen LogP) is 0.723. The Labute approximate surface area is 100 Å². The number of aromatic nitrogens is 2. The smallest absolute Gasteiger partial charge is 0.335 e. The van der Waals surface area contributed by atoms with E-state index in [0.29, 0.717) is 11.0 Å². The van der Waals surface area contributed by atoms with Crippen LogP contribution in [-0.2, 0) is 0 Å². The fraction of sp³-hybridized carbons (Fsp3) is 0.250. The summed E-state index contributed by atoms with van der Waals surface area (Å²) in [6.45, 7) is 0. The van der Waals surface area contributed by atoms with Crippen molar-refractivity contribution in [3.63, 3.8) is 0 Å². The minimum Gasteiger partial charge on any atom is -0.478 e. The van der Waals surface area contributed by atoms with Crippen molar-refractivity contribution in [2.45, 2.75) is 18.9 Å². The largest absolute Gasteiger partial charge is 0.478 e. The first-order chi connectivity index (χ1) is 8.58. The van der Waals surface area contributed by atoms with Crippen LogP contribution in [0.3, 0.4) is 0 Å². The van der Waals surface area contributed by atoms with Crippen molar-refractivity contribution in [3.05, 3.63) is 44.5 Å². The first-order valence-electron chi connectivity index (χ1n) is 5.60. The first-order valence-corrected chi connectivity index (χ1v) is 5.60. The van der Waals surface area contributed by atoms with E-state index in [4.69, 9.17) is 5.11 Å². The van der Waals surface area contributed by atoms with Crippen molar-refractivity contribution in [3.8, 4) is 0 Å². The molecule has 3 rings (SSSR count). The molecule has 1 saturated carbocycles. The zero-order chi connectivity index (χ0) is 12.9. The summed E-state index contributed by atoms with van der Waals surface area (Å²) in [7, 11) is 0. The highest BCUT2D eigenvalue weighted by Crippen LogP contribution is 2.35. The lowest BCUT2D eigenvalue weighted by atomic mass is 10.2. The van der Waals surface area contributed by atoms with Gasteiger partial charge in [-0.25, -0.2) is 4.79 Å². The van der Waals surface area contributed by atoms with E-state index >= 15 is 0 Å². The number of aromatic carboxylic acids is 1. The van der Waals surface area contributed by atoms with E-state index in [1.807, 2.05) is 0 Å². The van der Waals surface area contributed by atoms with E-state index in [1.165, 1.54) is 16.7 Å². The number of rotatable bonds is 2. The second-order valence-electron chi connectivity index (χ2n) is 4.40. The van der Waals surface area contributed by atoms with Crippen LogP contribution in [0.4, 0.5) is 0 Å². The zero-order valence-corrected chi connectivity index (χ0v) is 9.34. The molecule has 0 saturated heterocycles. The Morgan fingerprint density at radius 3 is 2.67 bits per heavy atom. The second kappa shape index (κ2) is 3.56. The Kier molecular flexibility index (Phi) is 2.13. The van der Waals surface area contributed by atoms with Gasteiger partial charge in [0.2, 0.25) is 0 Å². The van der Waals surface area contributed by atoms with Crippen LogP contribution in [0.25, 0.3) is 11.0 Å². The monoisotopic (exact) mass is 246 g/mol. The molecule has 1 aliphatic rings. The Bertz CT molecular complexity index is 768. The van der Waals surface area contributed by atoms with Gasteiger partial charge in [0, 0.05) is 6.04 Å². The van der Waals surface area contributed by atoms with Gasteiger partial charge in [0.25, 0.3) is 0 Å². The number of nitrogens with zero attached hydrogens (tertiary/aromatic N) is 1. The highest BCUT2D eigenvalue weighted by Gasteiger charge is 2.27. The van der Waals surface area contributed by atoms with Gasteiger partial charge in [-0.15, -0.1) is 0 Å². The van der Waals surface area contributed by atoms with Gasteiger partial charge in [-0.2, -0.15) is 0 Å². The molecule has 0 atom stereocenters. The molecule has 0 amide bonds. The fourth-order valence-electron chi connectivity index (χ4n) is 2.07. The number of carboxylic acids is 1. The molecule has 18 heavy (non-hydrogen) atoms. The van der Waals surface area contributed by atoms with Crippen LogP contribution in [0.2, 0.25) is 0 Å². The number of hydrogen-bond donors (Lipinski definition) is 2. The molecule has 0 unspecified atom stereocenters. The molecule has 6 nitrogen and oxygen atoms in total. The third-order valence-electron chi connectivity index (χ3n) is 3.08. The van der Waals surface area contributed by atoms with E-state index in [9.17, 15) is 14.4 Å². The van der Waals surface area contributed by atoms with Gasteiger partial charge < -0.3 is 10.1 Å². The Hall–Kier alpha value is -2.37. The number of carbonyl (C=O) groups is 1. The molecule has 1 fully saturated rings. The van der Waals surface area contributed by atoms with E-state index in [0.717, 1.165) is 12.8 Å². The number of benzene rings is 1. The van der Waals surface area contributed by atoms with Gasteiger partial charge in [0.05, 0.1) is 16.6 Å². The van der Waals surface area contributed by atoms with E-state index in [1.54, 1.807) is 6.07 Å². The molecule has 1 heterocycles. The van der Waals surface area contributed by atoms with Gasteiger partial charge in [-0.05, 0) is 31.0 Å². The van der Waals surface area contributed by atoms with E-state index < -0.39 is 17.1 Å². The number of aromatic amines is 1. The summed E-state index contributed by atoms with van der Waals surface area (Å²) < 4.78 is 1.46. The highest BCUT2D eigenvalue weighted by molar-refractivity contribution is 5.92. The third-order valence-corrected chi connectivity index (χ3v) is 3.08. The molecular formula is C12H10N2O4. The zero-order valence-electron chi connectivity index (χ0n) is 9.34. The molecule has 6 heteroatoms. The highest BCUT2D eigenvalue weighted by atomic mass is 16.4. The topological polar surface area (TPSA) is 92.2 Å². The van der Waals surface area contributed by atoms with Crippen LogP contribution in [-0.4, -0.2) is 20.6 Å². The fourth-order valence-corrected chi connectivity index (χ4v) is 2.07. The van der Waals surface area contributed by atoms with E-state index in [-0.39, 0.29) is 11.6 Å². The lowest BCUT2D eigenvalue weighted by Crippen LogP contribution is -2.36. The summed E-state index contributed by atoms with van der Waals surface area (Å²) in [5.74, 6) is -1.07. The molecule has 2 N–H and O–H groups in total. The van der Waals surface area contributed by atoms with Crippen molar-refractivity contribution >= 4 is 17.0 Å². The van der Waals surface area contributed by atoms with Crippen molar-refractivity contribution < 1.29 is 9.90 Å². The average Bonchev–Trinajstić information content (AvgIpc) is 3.14. The number of hydrogen-bond acceptors (Lipinski definition) is 3. The van der Waals surface area contributed by atoms with Gasteiger partial charge >= 0.3 is 17.1 Å². The third kappa shape index (κ3) is 1.54. The SMILES string of the molecule is O=C(O)c1ccc2c(c1)[nH]c(=O)c(=O)n2C1CC1. The molecule has 0 bridgehead atoms. The Morgan fingerprint density at radius 2 is 2.06 bits per heavy atom. The molecule has 1 aromatic carbocycles. The number of fused-ring (bicyclic) bond motifs is 1. The van der Waals surface area contributed by atoms with Crippen LogP contribution >= 0.6 is 0 Å². The number of H-pyrrole nitrogens is 1. The maximum atomic E-state index is 11.8. The molecular weight excluding hydrogens is 236 g/mol. The minimum absolute atomic E-state index is 0.0676. The summed E-state index contributed by atoms with van der Waals surface area (Å²) >= 11 is 0. The van der Waals surface area contributed by atoms with Crippen molar-refractivity contribution in [1.29, 1.82) is 0 Å². The van der Waals surface area contributed by atoms with Gasteiger partial charge in [-0.3, -0.25) is 14.2 Å². The lowest BCUT2D eigenvalue weighted by Gasteiger charge is -2.08. The van der Waals surface area contributed by atoms with Crippen LogP contribution < -0.4 is 11.1 Å². The predicted molar refractivity (Wildman–Crippen MR) is 64.1 cm³/mol. The molecule has 92 valence electrons. The maximum absolute atomic E-state index is 11.8. The molecule has 0 radical (unpaired) electrons. The molecule has 0 aliphatic heterocycles. The van der Waals surface area contributed by atoms with Crippen LogP contribution in [0, 0.1) is 0 Å². The molecule has 1 aliphatic carbocycles. The summed E-state index contributed by atoms with van der Waals surface area (Å²) in [5.41, 5.74) is -0.248. The quantitative estimate of drug-likeness (QED) is 0.764. The standard InChI is InChI=1S/C12H10N2O4/c15-10-11(16)14(7-2-3-7)9-4-1-6(12(17)18)5-8(9)13-10/h1,4-5,7H,2-3H2,(H,13,15)(H,17,18). The molecule has 2 aromatic rings. The van der Waals surface area contributed by atoms with Gasteiger partial charge in [-0.1, -0.05) is 0 Å². The Morgan fingerprint density at radius 1 is 1.33 bits per heavy atom. The normalized spacial score (nSPS) is 14.9. The van der Waals surface area contributed by atoms with Gasteiger partial charge in [0.15, 0.2) is 0 Å². The lowest BCUT2D eigenvalue weighted by molar-refractivity contribution is 0.0697. The van der Waals surface area contributed by atoms with Crippen LogP contribution in [0.1, 0.15) is 29.2 Å². The van der Waals surface area contributed by atoms with Crippen molar-refractivity contribution in [1.82, 2.24) is 9.55 Å². The maximum Gasteiger partial charge on any atom is 0.335 e. The van der Waals surface area contributed by atoms with E-state index in [2.05, 4.69) is 4.98 Å². The van der Waals surface area contributed by atoms with Gasteiger partial charge in [0.1, 0.15) is 0 Å². The Balaban J connectivity index is 2.39. The average molecular weight is 246 g/mol. The molecule has 1 aromatic heterocycles. The minimum atomic E-state index is -1.07. The van der Waals surface area contributed by atoms with Crippen LogP contribution in [0.15, 0.2) is 27.8 Å². The summed E-state index contributed by atoms with van der Waals surface area (Å²) in [6, 6.07) is 4.44. The van der Waals surface area contributed by atoms with Crippen LogP contribution in [0.5, 0.6) is 0 Å². The second-order valence-corrected chi connectivity index (χ2v) is 4.40. The summed E-state index contributed by atoms with van der Waals surface area (Å²) in [4.78, 5) is 36.6. The summed E-state index contributed by atoms with van der Waals surface area (Å²) in [6.07, 6.45) is 1.75. The first kappa shape index (κ1) is 10.8. The van der Waals surface area contributed by atoms with Crippen molar-refractivity contribution in [2.24, 2.45) is 0 Å². The molecule has 0 spiro atoms. The number of carboxylic acid groups (broad SMARTS) is 1. The summed E-state index contributed by atoms with van der Waals surface area (Å²) in [5, 5.41) is 8.90. The number of nitrogens with one attached hydrogen (secondary N) is 1. The van der Waals surface area contributed by atoms with Crippen molar-refractivity contribution in [2.75, 3.05) is 0 Å².